The number of aryl methyl sites for hydroxylation is 1. The molecular weight excluding hydrogens is 382 g/mol. The summed E-state index contributed by atoms with van der Waals surface area (Å²) in [5.41, 5.74) is 1.78. The van der Waals surface area contributed by atoms with Crippen LogP contribution < -0.4 is 5.32 Å². The average molecular weight is 408 g/mol. The molecule has 0 aliphatic carbocycles. The van der Waals surface area contributed by atoms with Crippen molar-refractivity contribution < 1.29 is 9.21 Å². The van der Waals surface area contributed by atoms with E-state index in [2.05, 4.69) is 15.2 Å². The zero-order chi connectivity index (χ0) is 19.1. The maximum absolute atomic E-state index is 12.0. The number of oxazole rings is 1. The number of hydrogen-bond acceptors (Lipinski definition) is 5. The van der Waals surface area contributed by atoms with Gasteiger partial charge in [0.2, 0.25) is 11.8 Å². The summed E-state index contributed by atoms with van der Waals surface area (Å²) in [4.78, 5) is 19.0. The molecule has 1 saturated heterocycles. The Morgan fingerprint density at radius 3 is 2.78 bits per heavy atom. The zero-order valence-corrected chi connectivity index (χ0v) is 17.2. The number of rotatable bonds is 9. The van der Waals surface area contributed by atoms with Gasteiger partial charge in [0.15, 0.2) is 0 Å². The number of nitrogens with one attached hydrogen (secondary N) is 1. The number of aromatic nitrogens is 1. The quantitative estimate of drug-likeness (QED) is 0.633. The highest BCUT2D eigenvalue weighted by Crippen LogP contribution is 2.25. The van der Waals surface area contributed by atoms with Crippen molar-refractivity contribution in [2.45, 2.75) is 31.9 Å². The van der Waals surface area contributed by atoms with Crippen LogP contribution >= 0.6 is 23.4 Å². The van der Waals surface area contributed by atoms with E-state index < -0.39 is 0 Å². The van der Waals surface area contributed by atoms with Crippen molar-refractivity contribution >= 4 is 29.3 Å². The fourth-order valence-corrected chi connectivity index (χ4v) is 4.08. The molecule has 1 fully saturated rings. The van der Waals surface area contributed by atoms with Crippen molar-refractivity contribution in [3.05, 3.63) is 40.7 Å². The molecule has 2 aromatic rings. The van der Waals surface area contributed by atoms with Gasteiger partial charge in [0.1, 0.15) is 5.76 Å². The largest absolute Gasteiger partial charge is 0.441 e. The molecule has 0 atom stereocenters. The summed E-state index contributed by atoms with van der Waals surface area (Å²) in [6.07, 6.45) is 3.64. The SMILES string of the molecule is Cc1oc(-c2ccc(Cl)cc2)nc1CSCC(=O)NCCCN1CCCC1. The lowest BCUT2D eigenvalue weighted by molar-refractivity contribution is -0.118. The van der Waals surface area contributed by atoms with Crippen molar-refractivity contribution in [2.24, 2.45) is 0 Å². The number of carbonyl (C=O) groups is 1. The third kappa shape index (κ3) is 6.26. The van der Waals surface area contributed by atoms with E-state index in [-0.39, 0.29) is 5.91 Å². The first-order chi connectivity index (χ1) is 13.1. The van der Waals surface area contributed by atoms with Crippen LogP contribution in [-0.2, 0) is 10.5 Å². The van der Waals surface area contributed by atoms with Crippen LogP contribution in [-0.4, -0.2) is 47.7 Å². The molecular formula is C20H26ClN3O2S. The molecule has 3 rings (SSSR count). The first-order valence-electron chi connectivity index (χ1n) is 9.41. The van der Waals surface area contributed by atoms with E-state index in [9.17, 15) is 4.79 Å². The van der Waals surface area contributed by atoms with E-state index in [0.717, 1.165) is 36.5 Å². The minimum Gasteiger partial charge on any atom is -0.441 e. The van der Waals surface area contributed by atoms with Gasteiger partial charge in [-0.3, -0.25) is 4.79 Å². The fraction of sp³-hybridized carbons (Fsp3) is 0.500. The van der Waals surface area contributed by atoms with Crippen molar-refractivity contribution in [1.82, 2.24) is 15.2 Å². The van der Waals surface area contributed by atoms with Gasteiger partial charge in [0.25, 0.3) is 0 Å². The van der Waals surface area contributed by atoms with Gasteiger partial charge < -0.3 is 14.6 Å². The molecule has 1 amide bonds. The van der Waals surface area contributed by atoms with Crippen LogP contribution in [0.25, 0.3) is 11.5 Å². The highest BCUT2D eigenvalue weighted by Gasteiger charge is 2.13. The molecule has 146 valence electrons. The number of benzene rings is 1. The Labute approximate surface area is 169 Å². The van der Waals surface area contributed by atoms with Crippen LogP contribution in [0.1, 0.15) is 30.7 Å². The normalized spacial score (nSPS) is 14.6. The van der Waals surface area contributed by atoms with Crippen LogP contribution in [0.3, 0.4) is 0 Å². The Kier molecular flexibility index (Phi) is 7.61. The van der Waals surface area contributed by atoms with Gasteiger partial charge in [-0.25, -0.2) is 4.98 Å². The highest BCUT2D eigenvalue weighted by molar-refractivity contribution is 7.99. The van der Waals surface area contributed by atoms with Crippen LogP contribution in [0, 0.1) is 6.92 Å². The second kappa shape index (κ2) is 10.2. The smallest absolute Gasteiger partial charge is 0.230 e. The molecule has 27 heavy (non-hydrogen) atoms. The predicted molar refractivity (Wildman–Crippen MR) is 111 cm³/mol. The second-order valence-electron chi connectivity index (χ2n) is 6.77. The molecule has 0 saturated carbocycles. The third-order valence-corrected chi connectivity index (χ3v) is 5.82. The predicted octanol–water partition coefficient (Wildman–Crippen LogP) is 4.14. The van der Waals surface area contributed by atoms with Crippen LogP contribution in [0.5, 0.6) is 0 Å². The van der Waals surface area contributed by atoms with Crippen molar-refractivity contribution in [2.75, 3.05) is 31.9 Å². The molecule has 1 aliphatic rings. The number of amides is 1. The lowest BCUT2D eigenvalue weighted by Gasteiger charge is -2.14. The molecule has 5 nitrogen and oxygen atoms in total. The van der Waals surface area contributed by atoms with Gasteiger partial charge in [0.05, 0.1) is 11.4 Å². The lowest BCUT2D eigenvalue weighted by Crippen LogP contribution is -2.29. The second-order valence-corrected chi connectivity index (χ2v) is 8.20. The summed E-state index contributed by atoms with van der Waals surface area (Å²) < 4.78 is 5.75. The Bertz CT molecular complexity index is 742. The summed E-state index contributed by atoms with van der Waals surface area (Å²) in [6.45, 7) is 6.15. The van der Waals surface area contributed by atoms with Gasteiger partial charge in [-0.15, -0.1) is 11.8 Å². The number of thioether (sulfide) groups is 1. The fourth-order valence-electron chi connectivity index (χ4n) is 3.11. The molecule has 0 unspecified atom stereocenters. The topological polar surface area (TPSA) is 58.4 Å². The molecule has 1 aromatic heterocycles. The summed E-state index contributed by atoms with van der Waals surface area (Å²) in [7, 11) is 0. The first kappa shape index (κ1) is 20.2. The molecule has 0 radical (unpaired) electrons. The zero-order valence-electron chi connectivity index (χ0n) is 15.7. The molecule has 7 heteroatoms. The van der Waals surface area contributed by atoms with E-state index in [1.54, 1.807) is 11.8 Å². The lowest BCUT2D eigenvalue weighted by atomic mass is 10.2. The Balaban J connectivity index is 1.37. The number of nitrogens with zero attached hydrogens (tertiary/aromatic N) is 2. The van der Waals surface area contributed by atoms with E-state index in [1.807, 2.05) is 31.2 Å². The van der Waals surface area contributed by atoms with E-state index in [0.29, 0.717) is 22.4 Å². The summed E-state index contributed by atoms with van der Waals surface area (Å²) in [6, 6.07) is 7.41. The van der Waals surface area contributed by atoms with E-state index in [4.69, 9.17) is 16.0 Å². The molecule has 0 bridgehead atoms. The standard InChI is InChI=1S/C20H26ClN3O2S/c1-15-18(23-20(26-15)16-5-7-17(21)8-6-16)13-27-14-19(25)22-9-4-12-24-10-2-3-11-24/h5-8H,2-4,9-14H2,1H3,(H,22,25). The van der Waals surface area contributed by atoms with Crippen molar-refractivity contribution in [3.8, 4) is 11.5 Å². The van der Waals surface area contributed by atoms with Crippen LogP contribution in [0.4, 0.5) is 0 Å². The number of likely N-dealkylation sites (tertiary alicyclic amines) is 1. The van der Waals surface area contributed by atoms with Gasteiger partial charge in [-0.2, -0.15) is 0 Å². The molecule has 1 aliphatic heterocycles. The van der Waals surface area contributed by atoms with Crippen molar-refractivity contribution in [1.29, 1.82) is 0 Å². The minimum absolute atomic E-state index is 0.0838. The number of carbonyl (C=O) groups excluding carboxylic acids is 1. The van der Waals surface area contributed by atoms with Gasteiger partial charge in [-0.1, -0.05) is 11.6 Å². The summed E-state index contributed by atoms with van der Waals surface area (Å²) >= 11 is 7.47. The van der Waals surface area contributed by atoms with E-state index in [1.165, 1.54) is 25.9 Å². The highest BCUT2D eigenvalue weighted by atomic mass is 35.5. The molecule has 1 N–H and O–H groups in total. The molecule has 2 heterocycles. The maximum atomic E-state index is 12.0. The maximum Gasteiger partial charge on any atom is 0.230 e. The van der Waals surface area contributed by atoms with Gasteiger partial charge >= 0.3 is 0 Å². The van der Waals surface area contributed by atoms with E-state index >= 15 is 0 Å². The number of hydrogen-bond donors (Lipinski definition) is 1. The van der Waals surface area contributed by atoms with Gasteiger partial charge in [0, 0.05) is 22.9 Å². The Hall–Kier alpha value is -1.50. The third-order valence-electron chi connectivity index (χ3n) is 4.63. The van der Waals surface area contributed by atoms with Crippen LogP contribution in [0.15, 0.2) is 28.7 Å². The Morgan fingerprint density at radius 2 is 2.04 bits per heavy atom. The van der Waals surface area contributed by atoms with Crippen LogP contribution in [0.2, 0.25) is 5.02 Å². The van der Waals surface area contributed by atoms with Gasteiger partial charge in [-0.05, 0) is 70.1 Å². The monoisotopic (exact) mass is 407 g/mol. The molecule has 1 aromatic carbocycles. The first-order valence-corrected chi connectivity index (χ1v) is 10.9. The Morgan fingerprint density at radius 1 is 1.30 bits per heavy atom. The summed E-state index contributed by atoms with van der Waals surface area (Å²) in [5.74, 6) is 2.56. The average Bonchev–Trinajstić information content (AvgIpc) is 3.30. The number of halogens is 1. The molecule has 0 spiro atoms. The summed E-state index contributed by atoms with van der Waals surface area (Å²) in [5, 5.41) is 3.69. The van der Waals surface area contributed by atoms with Crippen molar-refractivity contribution in [3.63, 3.8) is 0 Å². The minimum atomic E-state index is 0.0838.